The van der Waals surface area contributed by atoms with Crippen LogP contribution in [0.5, 0.6) is 0 Å². The minimum atomic E-state index is -0.151. The monoisotopic (exact) mass is 144 g/mol. The van der Waals surface area contributed by atoms with Crippen molar-refractivity contribution in [3.8, 4) is 0 Å². The summed E-state index contributed by atoms with van der Waals surface area (Å²) < 4.78 is 4.70. The number of hydrogen-bond acceptors (Lipinski definition) is 3. The van der Waals surface area contributed by atoms with Crippen molar-refractivity contribution in [3.63, 3.8) is 0 Å². The zero-order valence-electron chi connectivity index (χ0n) is 6.04. The van der Waals surface area contributed by atoms with Gasteiger partial charge < -0.3 is 9.84 Å². The van der Waals surface area contributed by atoms with Gasteiger partial charge in [-0.05, 0) is 12.3 Å². The van der Waals surface area contributed by atoms with Gasteiger partial charge in [0.2, 0.25) is 0 Å². The third-order valence-electron chi connectivity index (χ3n) is 1.75. The predicted octanol–water partition coefficient (Wildman–Crippen LogP) is 0.178. The standard InChI is InChI=1S/C7H12O3/c1-5-4-6(5)7(9)10-3-2-8/h5-6,8H,2-4H2,1H3/t5-,6-/m1/s1. The van der Waals surface area contributed by atoms with Crippen LogP contribution in [0.15, 0.2) is 0 Å². The molecule has 1 rings (SSSR count). The molecule has 0 aliphatic heterocycles. The molecular weight excluding hydrogens is 132 g/mol. The van der Waals surface area contributed by atoms with Crippen molar-refractivity contribution in [3.05, 3.63) is 0 Å². The van der Waals surface area contributed by atoms with Crippen molar-refractivity contribution in [2.24, 2.45) is 11.8 Å². The summed E-state index contributed by atoms with van der Waals surface area (Å²) in [5, 5.41) is 8.31. The van der Waals surface area contributed by atoms with E-state index >= 15 is 0 Å². The minimum Gasteiger partial charge on any atom is -0.463 e. The van der Waals surface area contributed by atoms with Crippen molar-refractivity contribution in [2.45, 2.75) is 13.3 Å². The quantitative estimate of drug-likeness (QED) is 0.575. The summed E-state index contributed by atoms with van der Waals surface area (Å²) in [6.07, 6.45) is 0.949. The van der Waals surface area contributed by atoms with Crippen LogP contribution < -0.4 is 0 Å². The van der Waals surface area contributed by atoms with Crippen LogP contribution in [0.4, 0.5) is 0 Å². The van der Waals surface area contributed by atoms with Crippen molar-refractivity contribution in [2.75, 3.05) is 13.2 Å². The van der Waals surface area contributed by atoms with Gasteiger partial charge in [-0.25, -0.2) is 0 Å². The van der Waals surface area contributed by atoms with E-state index in [1.54, 1.807) is 0 Å². The molecular formula is C7H12O3. The molecule has 2 atom stereocenters. The average Bonchev–Trinajstić information content (AvgIpc) is 2.62. The molecule has 0 aromatic carbocycles. The molecule has 0 amide bonds. The molecule has 0 radical (unpaired) electrons. The summed E-state index contributed by atoms with van der Waals surface area (Å²) in [4.78, 5) is 10.8. The maximum absolute atomic E-state index is 10.8. The van der Waals surface area contributed by atoms with Gasteiger partial charge in [-0.15, -0.1) is 0 Å². The highest BCUT2D eigenvalue weighted by Crippen LogP contribution is 2.38. The second-order valence-corrected chi connectivity index (χ2v) is 2.71. The molecule has 0 spiro atoms. The van der Waals surface area contributed by atoms with Gasteiger partial charge in [-0.1, -0.05) is 6.92 Å². The molecule has 58 valence electrons. The molecule has 0 saturated heterocycles. The van der Waals surface area contributed by atoms with Gasteiger partial charge in [0, 0.05) is 0 Å². The van der Waals surface area contributed by atoms with E-state index in [1.807, 2.05) is 6.92 Å². The molecule has 0 unspecified atom stereocenters. The fourth-order valence-corrected chi connectivity index (χ4v) is 0.904. The number of carbonyl (C=O) groups is 1. The van der Waals surface area contributed by atoms with Crippen molar-refractivity contribution >= 4 is 5.97 Å². The molecule has 1 aliphatic carbocycles. The topological polar surface area (TPSA) is 46.5 Å². The first-order valence-corrected chi connectivity index (χ1v) is 3.53. The highest BCUT2D eigenvalue weighted by atomic mass is 16.5. The zero-order chi connectivity index (χ0) is 7.56. The molecule has 0 heterocycles. The van der Waals surface area contributed by atoms with Crippen LogP contribution in [-0.2, 0) is 9.53 Å². The Kier molecular flexibility index (Phi) is 2.27. The van der Waals surface area contributed by atoms with E-state index in [9.17, 15) is 4.79 Å². The maximum Gasteiger partial charge on any atom is 0.309 e. The second-order valence-electron chi connectivity index (χ2n) is 2.71. The fraction of sp³-hybridized carbons (Fsp3) is 0.857. The third-order valence-corrected chi connectivity index (χ3v) is 1.75. The number of hydrogen-bond donors (Lipinski definition) is 1. The first-order valence-electron chi connectivity index (χ1n) is 3.53. The Bertz CT molecular complexity index is 133. The molecule has 0 aromatic heterocycles. The van der Waals surface area contributed by atoms with Gasteiger partial charge >= 0.3 is 5.97 Å². The number of esters is 1. The highest BCUT2D eigenvalue weighted by molar-refractivity contribution is 5.75. The molecule has 1 saturated carbocycles. The van der Waals surface area contributed by atoms with E-state index in [0.717, 1.165) is 6.42 Å². The summed E-state index contributed by atoms with van der Waals surface area (Å²) in [6, 6.07) is 0. The second kappa shape index (κ2) is 3.01. The van der Waals surface area contributed by atoms with E-state index in [0.29, 0.717) is 5.92 Å². The molecule has 1 aliphatic rings. The Hall–Kier alpha value is -0.570. The Morgan fingerprint density at radius 3 is 2.80 bits per heavy atom. The molecule has 3 nitrogen and oxygen atoms in total. The lowest BCUT2D eigenvalue weighted by atomic mass is 10.3. The Morgan fingerprint density at radius 1 is 1.80 bits per heavy atom. The molecule has 3 heteroatoms. The van der Waals surface area contributed by atoms with Crippen molar-refractivity contribution in [1.82, 2.24) is 0 Å². The molecule has 0 aromatic rings. The average molecular weight is 144 g/mol. The Morgan fingerprint density at radius 2 is 2.40 bits per heavy atom. The highest BCUT2D eigenvalue weighted by Gasteiger charge is 2.40. The summed E-state index contributed by atoms with van der Waals surface area (Å²) in [5.74, 6) is 0.458. The number of ether oxygens (including phenoxy) is 1. The van der Waals surface area contributed by atoms with Gasteiger partial charge in [0.15, 0.2) is 0 Å². The SMILES string of the molecule is C[C@@H]1C[C@H]1C(=O)OCCO. The van der Waals surface area contributed by atoms with E-state index in [-0.39, 0.29) is 25.1 Å². The van der Waals surface area contributed by atoms with Gasteiger partial charge in [0.25, 0.3) is 0 Å². The lowest BCUT2D eigenvalue weighted by Gasteiger charge is -1.99. The van der Waals surface area contributed by atoms with Gasteiger partial charge in [-0.3, -0.25) is 4.79 Å². The van der Waals surface area contributed by atoms with Crippen molar-refractivity contribution < 1.29 is 14.6 Å². The lowest BCUT2D eigenvalue weighted by molar-refractivity contribution is -0.146. The molecule has 1 N–H and O–H groups in total. The third kappa shape index (κ3) is 1.70. The minimum absolute atomic E-state index is 0.0765. The smallest absolute Gasteiger partial charge is 0.309 e. The molecule has 10 heavy (non-hydrogen) atoms. The van der Waals surface area contributed by atoms with Gasteiger partial charge in [0.05, 0.1) is 12.5 Å². The first kappa shape index (κ1) is 7.54. The van der Waals surface area contributed by atoms with E-state index < -0.39 is 0 Å². The van der Waals surface area contributed by atoms with Crippen LogP contribution in [0.2, 0.25) is 0 Å². The van der Waals surface area contributed by atoms with Crippen LogP contribution in [-0.4, -0.2) is 24.3 Å². The Labute approximate surface area is 60.0 Å². The van der Waals surface area contributed by atoms with Gasteiger partial charge in [0.1, 0.15) is 6.61 Å². The summed E-state index contributed by atoms with van der Waals surface area (Å²) >= 11 is 0. The molecule has 1 fully saturated rings. The summed E-state index contributed by atoms with van der Waals surface area (Å²) in [5.41, 5.74) is 0. The van der Waals surface area contributed by atoms with E-state index in [2.05, 4.69) is 0 Å². The largest absolute Gasteiger partial charge is 0.463 e. The lowest BCUT2D eigenvalue weighted by Crippen LogP contribution is -2.10. The fourth-order valence-electron chi connectivity index (χ4n) is 0.904. The van der Waals surface area contributed by atoms with Crippen LogP contribution >= 0.6 is 0 Å². The maximum atomic E-state index is 10.8. The van der Waals surface area contributed by atoms with Crippen LogP contribution in [0, 0.1) is 11.8 Å². The summed E-state index contributed by atoms with van der Waals surface area (Å²) in [6.45, 7) is 2.08. The number of rotatable bonds is 3. The van der Waals surface area contributed by atoms with Crippen LogP contribution in [0.3, 0.4) is 0 Å². The normalized spacial score (nSPS) is 29.8. The number of aliphatic hydroxyl groups is 1. The van der Waals surface area contributed by atoms with E-state index in [4.69, 9.17) is 9.84 Å². The van der Waals surface area contributed by atoms with Crippen LogP contribution in [0.25, 0.3) is 0 Å². The van der Waals surface area contributed by atoms with E-state index in [1.165, 1.54) is 0 Å². The Balaban J connectivity index is 2.11. The van der Waals surface area contributed by atoms with Crippen molar-refractivity contribution in [1.29, 1.82) is 0 Å². The number of aliphatic hydroxyl groups excluding tert-OH is 1. The first-order chi connectivity index (χ1) is 4.75. The van der Waals surface area contributed by atoms with Gasteiger partial charge in [-0.2, -0.15) is 0 Å². The molecule has 0 bridgehead atoms. The zero-order valence-corrected chi connectivity index (χ0v) is 6.04. The van der Waals surface area contributed by atoms with Crippen LogP contribution in [0.1, 0.15) is 13.3 Å². The summed E-state index contributed by atoms with van der Waals surface area (Å²) in [7, 11) is 0. The number of carbonyl (C=O) groups excluding carboxylic acids is 1. The predicted molar refractivity (Wildman–Crippen MR) is 35.3 cm³/mol.